The molecule has 0 aliphatic carbocycles. The Morgan fingerprint density at radius 1 is 1.30 bits per heavy atom. The number of hydrazone groups is 1. The van der Waals surface area contributed by atoms with E-state index in [1.807, 2.05) is 18.2 Å². The Morgan fingerprint density at radius 2 is 2.10 bits per heavy atom. The molecule has 20 heavy (non-hydrogen) atoms. The van der Waals surface area contributed by atoms with Gasteiger partial charge in [-0.1, -0.05) is 30.0 Å². The summed E-state index contributed by atoms with van der Waals surface area (Å²) in [5.74, 6) is 0.121. The predicted octanol–water partition coefficient (Wildman–Crippen LogP) is 2.03. The van der Waals surface area contributed by atoms with Crippen LogP contribution in [-0.2, 0) is 4.79 Å². The van der Waals surface area contributed by atoms with Crippen LogP contribution in [0, 0.1) is 0 Å². The number of phenols is 1. The van der Waals surface area contributed by atoms with Crippen molar-refractivity contribution in [1.29, 1.82) is 0 Å². The fourth-order valence-corrected chi connectivity index (χ4v) is 2.03. The van der Waals surface area contributed by atoms with E-state index in [9.17, 15) is 9.90 Å². The molecular formula is C14H13N3O2S. The molecule has 1 aromatic heterocycles. The molecule has 0 aliphatic heterocycles. The molecule has 0 saturated heterocycles. The number of nitrogens with zero attached hydrogens (tertiary/aromatic N) is 2. The zero-order chi connectivity index (χ0) is 14.2. The first kappa shape index (κ1) is 14.1. The first-order chi connectivity index (χ1) is 9.75. The zero-order valence-corrected chi connectivity index (χ0v) is 11.4. The maximum absolute atomic E-state index is 11.6. The van der Waals surface area contributed by atoms with Crippen LogP contribution in [0.1, 0.15) is 5.56 Å². The van der Waals surface area contributed by atoms with Crippen LogP contribution in [0.2, 0.25) is 0 Å². The van der Waals surface area contributed by atoms with Gasteiger partial charge in [0.15, 0.2) is 0 Å². The van der Waals surface area contributed by atoms with E-state index in [0.717, 1.165) is 5.03 Å². The van der Waals surface area contributed by atoms with Gasteiger partial charge >= 0.3 is 0 Å². The van der Waals surface area contributed by atoms with Crippen molar-refractivity contribution in [2.24, 2.45) is 5.10 Å². The van der Waals surface area contributed by atoms with Gasteiger partial charge in [0.25, 0.3) is 0 Å². The van der Waals surface area contributed by atoms with Gasteiger partial charge in [0, 0.05) is 11.8 Å². The number of thioether (sulfide) groups is 1. The molecule has 0 unspecified atom stereocenters. The molecule has 0 aliphatic rings. The Hall–Kier alpha value is -2.34. The second-order valence-electron chi connectivity index (χ2n) is 3.81. The highest BCUT2D eigenvalue weighted by Gasteiger charge is 2.02. The highest BCUT2D eigenvalue weighted by molar-refractivity contribution is 7.99. The van der Waals surface area contributed by atoms with Crippen molar-refractivity contribution < 1.29 is 9.90 Å². The van der Waals surface area contributed by atoms with Crippen molar-refractivity contribution >= 4 is 23.9 Å². The lowest BCUT2D eigenvalue weighted by molar-refractivity contribution is -0.118. The lowest BCUT2D eigenvalue weighted by atomic mass is 10.2. The monoisotopic (exact) mass is 287 g/mol. The number of hydrogen-bond donors (Lipinski definition) is 2. The van der Waals surface area contributed by atoms with Crippen LogP contribution in [0.25, 0.3) is 0 Å². The maximum Gasteiger partial charge on any atom is 0.250 e. The van der Waals surface area contributed by atoms with Crippen molar-refractivity contribution in [2.75, 3.05) is 5.75 Å². The fraction of sp³-hybridized carbons (Fsp3) is 0.0714. The van der Waals surface area contributed by atoms with Gasteiger partial charge < -0.3 is 5.11 Å². The van der Waals surface area contributed by atoms with Gasteiger partial charge in [-0.3, -0.25) is 4.79 Å². The number of pyridine rings is 1. The molecule has 0 saturated carbocycles. The van der Waals surface area contributed by atoms with E-state index in [4.69, 9.17) is 0 Å². The third-order valence-corrected chi connectivity index (χ3v) is 3.26. The van der Waals surface area contributed by atoms with E-state index in [-0.39, 0.29) is 17.4 Å². The zero-order valence-electron chi connectivity index (χ0n) is 10.6. The molecule has 0 fully saturated rings. The highest BCUT2D eigenvalue weighted by atomic mass is 32.2. The highest BCUT2D eigenvalue weighted by Crippen LogP contribution is 2.13. The second kappa shape index (κ2) is 7.30. The minimum atomic E-state index is -0.229. The van der Waals surface area contributed by atoms with Crippen LogP contribution in [0.15, 0.2) is 58.8 Å². The number of phenolic OH excluding ortho intramolecular Hbond substituents is 1. The number of benzene rings is 1. The van der Waals surface area contributed by atoms with E-state index in [2.05, 4.69) is 15.5 Å². The van der Waals surface area contributed by atoms with Crippen LogP contribution in [-0.4, -0.2) is 28.0 Å². The number of carbonyl (C=O) groups is 1. The third-order valence-electron chi connectivity index (χ3n) is 2.32. The number of aromatic hydroxyl groups is 1. The Bertz CT molecular complexity index is 602. The predicted molar refractivity (Wildman–Crippen MR) is 78.8 cm³/mol. The molecule has 102 valence electrons. The van der Waals surface area contributed by atoms with Gasteiger partial charge in [-0.05, 0) is 24.3 Å². The summed E-state index contributed by atoms with van der Waals surface area (Å²) in [6.45, 7) is 0. The molecular weight excluding hydrogens is 274 g/mol. The maximum atomic E-state index is 11.6. The van der Waals surface area contributed by atoms with Crippen molar-refractivity contribution in [1.82, 2.24) is 10.4 Å². The Morgan fingerprint density at radius 3 is 2.85 bits per heavy atom. The Kier molecular flexibility index (Phi) is 5.14. The first-order valence-electron chi connectivity index (χ1n) is 5.89. The molecule has 6 heteroatoms. The van der Waals surface area contributed by atoms with E-state index in [1.165, 1.54) is 18.0 Å². The standard InChI is InChI=1S/C14H13N3O2S/c18-12-6-2-1-5-11(12)9-16-17-13(19)10-20-14-7-3-4-8-15-14/h1-9,18H,10H2,(H,17,19)/b16-9+. The summed E-state index contributed by atoms with van der Waals surface area (Å²) in [5.41, 5.74) is 2.95. The summed E-state index contributed by atoms with van der Waals surface area (Å²) in [7, 11) is 0. The molecule has 0 radical (unpaired) electrons. The van der Waals surface area contributed by atoms with E-state index in [0.29, 0.717) is 5.56 Å². The number of rotatable bonds is 5. The third kappa shape index (κ3) is 4.40. The molecule has 0 atom stereocenters. The van der Waals surface area contributed by atoms with Crippen LogP contribution >= 0.6 is 11.8 Å². The fourth-order valence-electron chi connectivity index (χ4n) is 1.37. The average Bonchev–Trinajstić information content (AvgIpc) is 2.48. The number of aromatic nitrogens is 1. The molecule has 2 N–H and O–H groups in total. The minimum absolute atomic E-state index is 0.119. The molecule has 1 amide bonds. The van der Waals surface area contributed by atoms with Crippen LogP contribution < -0.4 is 5.43 Å². The Labute approximate surface area is 120 Å². The topological polar surface area (TPSA) is 74.6 Å². The molecule has 2 aromatic rings. The molecule has 1 heterocycles. The van der Waals surface area contributed by atoms with Gasteiger partial charge in [-0.15, -0.1) is 0 Å². The van der Waals surface area contributed by atoms with Crippen molar-refractivity contribution in [2.45, 2.75) is 5.03 Å². The smallest absolute Gasteiger partial charge is 0.250 e. The first-order valence-corrected chi connectivity index (χ1v) is 6.88. The largest absolute Gasteiger partial charge is 0.507 e. The lowest BCUT2D eigenvalue weighted by Gasteiger charge is -2.00. The SMILES string of the molecule is O=C(CSc1ccccn1)N/N=C/c1ccccc1O. The average molecular weight is 287 g/mol. The molecule has 5 nitrogen and oxygen atoms in total. The Balaban J connectivity index is 1.79. The van der Waals surface area contributed by atoms with Gasteiger partial charge in [-0.25, -0.2) is 10.4 Å². The normalized spacial score (nSPS) is 10.6. The van der Waals surface area contributed by atoms with E-state index >= 15 is 0 Å². The summed E-state index contributed by atoms with van der Waals surface area (Å²) in [5, 5.41) is 14.1. The van der Waals surface area contributed by atoms with Gasteiger partial charge in [0.05, 0.1) is 17.0 Å². The van der Waals surface area contributed by atoms with Crippen LogP contribution in [0.3, 0.4) is 0 Å². The molecule has 0 bridgehead atoms. The van der Waals surface area contributed by atoms with Gasteiger partial charge in [0.1, 0.15) is 5.75 Å². The molecule has 1 aromatic carbocycles. The van der Waals surface area contributed by atoms with E-state index < -0.39 is 0 Å². The van der Waals surface area contributed by atoms with Gasteiger partial charge in [-0.2, -0.15) is 5.10 Å². The number of amides is 1. The van der Waals surface area contributed by atoms with Crippen LogP contribution in [0.4, 0.5) is 0 Å². The van der Waals surface area contributed by atoms with Crippen molar-refractivity contribution in [3.8, 4) is 5.75 Å². The number of nitrogens with one attached hydrogen (secondary N) is 1. The minimum Gasteiger partial charge on any atom is -0.507 e. The second-order valence-corrected chi connectivity index (χ2v) is 4.80. The van der Waals surface area contributed by atoms with E-state index in [1.54, 1.807) is 30.5 Å². The summed E-state index contributed by atoms with van der Waals surface area (Å²) in [6.07, 6.45) is 3.08. The van der Waals surface area contributed by atoms with Crippen molar-refractivity contribution in [3.05, 3.63) is 54.2 Å². The lowest BCUT2D eigenvalue weighted by Crippen LogP contribution is -2.19. The quantitative estimate of drug-likeness (QED) is 0.501. The van der Waals surface area contributed by atoms with Crippen LogP contribution in [0.5, 0.6) is 5.75 Å². The number of para-hydroxylation sites is 1. The molecule has 0 spiro atoms. The summed E-state index contributed by atoms with van der Waals surface area (Å²) >= 11 is 1.33. The molecule has 2 rings (SSSR count). The van der Waals surface area contributed by atoms with Gasteiger partial charge in [0.2, 0.25) is 5.91 Å². The summed E-state index contributed by atoms with van der Waals surface area (Å²) in [6, 6.07) is 12.3. The van der Waals surface area contributed by atoms with Crippen molar-refractivity contribution in [3.63, 3.8) is 0 Å². The summed E-state index contributed by atoms with van der Waals surface area (Å²) in [4.78, 5) is 15.7. The number of hydrogen-bond acceptors (Lipinski definition) is 5. The summed E-state index contributed by atoms with van der Waals surface area (Å²) < 4.78 is 0. The number of carbonyl (C=O) groups excluding carboxylic acids is 1.